The van der Waals surface area contributed by atoms with Crippen LogP contribution in [0.15, 0.2) is 36.4 Å². The highest BCUT2D eigenvalue weighted by atomic mass is 19.4. The van der Waals surface area contributed by atoms with E-state index >= 15 is 0 Å². The topological polar surface area (TPSA) is 52.8 Å². The van der Waals surface area contributed by atoms with Gasteiger partial charge in [0.25, 0.3) is 0 Å². The molecule has 0 aliphatic carbocycles. The average Bonchev–Trinajstić information content (AvgIpc) is 2.88. The van der Waals surface area contributed by atoms with E-state index < -0.39 is 17.7 Å². The fourth-order valence-electron chi connectivity index (χ4n) is 2.11. The van der Waals surface area contributed by atoms with Gasteiger partial charge in [-0.3, -0.25) is 0 Å². The standard InChI is InChI=1S/C16H12F4N4O/c1-9-7-13(22-15(21-9)10-3-5-11(17)6-4-10)25-14-8-12(16(18,19)20)23-24(14)2/h3-8H,1-2H3. The maximum Gasteiger partial charge on any atom is 0.435 e. The van der Waals surface area contributed by atoms with Gasteiger partial charge < -0.3 is 4.74 Å². The van der Waals surface area contributed by atoms with Crippen molar-refractivity contribution in [3.8, 4) is 23.1 Å². The van der Waals surface area contributed by atoms with E-state index in [1.54, 1.807) is 6.92 Å². The van der Waals surface area contributed by atoms with Crippen molar-refractivity contribution in [1.29, 1.82) is 0 Å². The van der Waals surface area contributed by atoms with E-state index in [9.17, 15) is 17.6 Å². The molecule has 5 nitrogen and oxygen atoms in total. The van der Waals surface area contributed by atoms with Gasteiger partial charge in [0.2, 0.25) is 11.8 Å². The minimum Gasteiger partial charge on any atom is -0.421 e. The lowest BCUT2D eigenvalue weighted by Crippen LogP contribution is -2.06. The molecule has 0 aliphatic heterocycles. The van der Waals surface area contributed by atoms with E-state index in [-0.39, 0.29) is 17.6 Å². The second-order valence-corrected chi connectivity index (χ2v) is 5.27. The van der Waals surface area contributed by atoms with Crippen molar-refractivity contribution in [3.05, 3.63) is 53.6 Å². The minimum absolute atomic E-state index is 0.0588. The van der Waals surface area contributed by atoms with Gasteiger partial charge in [0.1, 0.15) is 5.82 Å². The second-order valence-electron chi connectivity index (χ2n) is 5.27. The van der Waals surface area contributed by atoms with Crippen LogP contribution < -0.4 is 4.74 Å². The third kappa shape index (κ3) is 3.76. The first-order valence-corrected chi connectivity index (χ1v) is 7.13. The number of aromatic nitrogens is 4. The molecule has 0 unspecified atom stereocenters. The lowest BCUT2D eigenvalue weighted by molar-refractivity contribution is -0.141. The average molecular weight is 352 g/mol. The van der Waals surface area contributed by atoms with Crippen LogP contribution in [0.4, 0.5) is 17.6 Å². The molecule has 0 saturated heterocycles. The molecule has 0 N–H and O–H groups in total. The minimum atomic E-state index is -4.57. The quantitative estimate of drug-likeness (QED) is 0.665. The number of aryl methyl sites for hydroxylation is 2. The Morgan fingerprint density at radius 3 is 2.32 bits per heavy atom. The predicted molar refractivity (Wildman–Crippen MR) is 80.4 cm³/mol. The van der Waals surface area contributed by atoms with Crippen molar-refractivity contribution in [3.63, 3.8) is 0 Å². The first-order chi connectivity index (χ1) is 11.7. The van der Waals surface area contributed by atoms with Crippen LogP contribution >= 0.6 is 0 Å². The maximum absolute atomic E-state index is 13.0. The SMILES string of the molecule is Cc1cc(Oc2cc(C(F)(F)F)nn2C)nc(-c2ccc(F)cc2)n1. The second kappa shape index (κ2) is 6.15. The van der Waals surface area contributed by atoms with Crippen LogP contribution in [-0.2, 0) is 13.2 Å². The first-order valence-electron chi connectivity index (χ1n) is 7.13. The molecule has 0 bridgehead atoms. The Kier molecular flexibility index (Phi) is 4.15. The van der Waals surface area contributed by atoms with E-state index in [4.69, 9.17) is 4.74 Å². The van der Waals surface area contributed by atoms with E-state index in [0.717, 1.165) is 10.7 Å². The number of alkyl halides is 3. The molecule has 0 aliphatic rings. The molecule has 0 spiro atoms. The number of rotatable bonds is 3. The summed E-state index contributed by atoms with van der Waals surface area (Å²) in [5, 5.41) is 3.37. The van der Waals surface area contributed by atoms with Gasteiger partial charge in [0, 0.05) is 30.4 Å². The Morgan fingerprint density at radius 1 is 1.04 bits per heavy atom. The third-order valence-electron chi connectivity index (χ3n) is 3.27. The largest absolute Gasteiger partial charge is 0.435 e. The van der Waals surface area contributed by atoms with Crippen LogP contribution in [0.1, 0.15) is 11.4 Å². The van der Waals surface area contributed by atoms with Gasteiger partial charge in [0.05, 0.1) is 0 Å². The summed E-state index contributed by atoms with van der Waals surface area (Å²) in [5.41, 5.74) is 0.0352. The lowest BCUT2D eigenvalue weighted by atomic mass is 10.2. The van der Waals surface area contributed by atoms with Gasteiger partial charge in [-0.2, -0.15) is 23.3 Å². The summed E-state index contributed by atoms with van der Waals surface area (Å²) in [5.74, 6) is -0.185. The highest BCUT2D eigenvalue weighted by Crippen LogP contribution is 2.32. The molecular formula is C16H12F4N4O. The molecule has 0 fully saturated rings. The molecule has 25 heavy (non-hydrogen) atoms. The van der Waals surface area contributed by atoms with Crippen LogP contribution in [0, 0.1) is 12.7 Å². The lowest BCUT2D eigenvalue weighted by Gasteiger charge is -2.07. The number of nitrogens with zero attached hydrogens (tertiary/aromatic N) is 4. The molecule has 9 heteroatoms. The Balaban J connectivity index is 1.94. The van der Waals surface area contributed by atoms with Crippen molar-refractivity contribution in [1.82, 2.24) is 19.7 Å². The monoisotopic (exact) mass is 352 g/mol. The van der Waals surface area contributed by atoms with Gasteiger partial charge >= 0.3 is 6.18 Å². The number of halogens is 4. The summed E-state index contributed by atoms with van der Waals surface area (Å²) in [6, 6.07) is 7.79. The molecule has 3 rings (SSSR count). The van der Waals surface area contributed by atoms with Crippen LogP contribution in [0.25, 0.3) is 11.4 Å². The summed E-state index contributed by atoms with van der Waals surface area (Å²) in [7, 11) is 1.33. The Labute approximate surface area is 139 Å². The Hall–Kier alpha value is -2.97. The fourth-order valence-corrected chi connectivity index (χ4v) is 2.11. The molecule has 130 valence electrons. The van der Waals surface area contributed by atoms with Gasteiger partial charge in [-0.15, -0.1) is 0 Å². The van der Waals surface area contributed by atoms with Gasteiger partial charge in [-0.05, 0) is 31.2 Å². The Morgan fingerprint density at radius 2 is 1.72 bits per heavy atom. The van der Waals surface area contributed by atoms with Crippen molar-refractivity contribution in [2.45, 2.75) is 13.1 Å². The van der Waals surface area contributed by atoms with Crippen molar-refractivity contribution in [2.75, 3.05) is 0 Å². The van der Waals surface area contributed by atoms with Gasteiger partial charge in [0.15, 0.2) is 11.5 Å². The molecule has 2 aromatic heterocycles. The number of ether oxygens (including phenoxy) is 1. The molecular weight excluding hydrogens is 340 g/mol. The first kappa shape index (κ1) is 16.9. The number of hydrogen-bond acceptors (Lipinski definition) is 4. The fraction of sp³-hybridized carbons (Fsp3) is 0.188. The molecule has 1 aromatic carbocycles. The van der Waals surface area contributed by atoms with E-state index in [0.29, 0.717) is 11.3 Å². The van der Waals surface area contributed by atoms with Gasteiger partial charge in [-0.25, -0.2) is 14.1 Å². The zero-order chi connectivity index (χ0) is 18.2. The van der Waals surface area contributed by atoms with Crippen molar-refractivity contribution in [2.24, 2.45) is 7.05 Å². The molecule has 2 heterocycles. The highest BCUT2D eigenvalue weighted by molar-refractivity contribution is 5.55. The van der Waals surface area contributed by atoms with E-state index in [2.05, 4.69) is 15.1 Å². The summed E-state index contributed by atoms with van der Waals surface area (Å²) in [4.78, 5) is 8.39. The summed E-state index contributed by atoms with van der Waals surface area (Å²) < 4.78 is 57.6. The summed E-state index contributed by atoms with van der Waals surface area (Å²) >= 11 is 0. The van der Waals surface area contributed by atoms with Crippen molar-refractivity contribution < 1.29 is 22.3 Å². The van der Waals surface area contributed by atoms with Gasteiger partial charge in [-0.1, -0.05) is 0 Å². The van der Waals surface area contributed by atoms with Crippen LogP contribution in [-0.4, -0.2) is 19.7 Å². The maximum atomic E-state index is 13.0. The number of hydrogen-bond donors (Lipinski definition) is 0. The normalized spacial score (nSPS) is 11.6. The summed E-state index contributed by atoms with van der Waals surface area (Å²) in [6.45, 7) is 1.69. The molecule has 0 radical (unpaired) electrons. The highest BCUT2D eigenvalue weighted by Gasteiger charge is 2.35. The molecule has 3 aromatic rings. The smallest absolute Gasteiger partial charge is 0.421 e. The van der Waals surface area contributed by atoms with Crippen LogP contribution in [0.3, 0.4) is 0 Å². The van der Waals surface area contributed by atoms with E-state index in [1.807, 2.05) is 0 Å². The van der Waals surface area contributed by atoms with Crippen molar-refractivity contribution >= 4 is 0 Å². The Bertz CT molecular complexity index is 903. The molecule has 0 amide bonds. The number of benzene rings is 1. The van der Waals surface area contributed by atoms with Crippen LogP contribution in [0.2, 0.25) is 0 Å². The zero-order valence-corrected chi connectivity index (χ0v) is 13.2. The summed E-state index contributed by atoms with van der Waals surface area (Å²) in [6.07, 6.45) is -4.57. The molecule has 0 atom stereocenters. The zero-order valence-electron chi connectivity index (χ0n) is 13.2. The molecule has 0 saturated carbocycles. The van der Waals surface area contributed by atoms with E-state index in [1.165, 1.54) is 37.4 Å². The van der Waals surface area contributed by atoms with Crippen LogP contribution in [0.5, 0.6) is 11.8 Å². The third-order valence-corrected chi connectivity index (χ3v) is 3.27. The predicted octanol–water partition coefficient (Wildman–Crippen LogP) is 4.14.